The van der Waals surface area contributed by atoms with Gasteiger partial charge in [0.15, 0.2) is 5.78 Å². The number of hydrogen-bond acceptors (Lipinski definition) is 6. The standard InChI is InChI=1S/C24H23N3O4/c1-3-23(29)25-15-16-9-11-18(12-10-16)26-27-20-13-19(21(28)14-22(20)31-2)24(30)17-7-5-4-6-8-17/h4-14,28H,3,15H2,1-2H3,(H,25,29). The van der Waals surface area contributed by atoms with Gasteiger partial charge in [-0.15, -0.1) is 5.11 Å². The van der Waals surface area contributed by atoms with Gasteiger partial charge in [-0.25, -0.2) is 0 Å². The second-order valence-electron chi connectivity index (χ2n) is 6.73. The first-order valence-corrected chi connectivity index (χ1v) is 9.80. The molecule has 0 bridgehead atoms. The molecule has 7 heteroatoms. The van der Waals surface area contributed by atoms with E-state index in [1.165, 1.54) is 19.2 Å². The maximum absolute atomic E-state index is 12.8. The number of nitrogens with one attached hydrogen (secondary N) is 1. The van der Waals surface area contributed by atoms with Gasteiger partial charge in [0.1, 0.15) is 17.2 Å². The number of rotatable bonds is 8. The van der Waals surface area contributed by atoms with Crippen LogP contribution in [0.2, 0.25) is 0 Å². The van der Waals surface area contributed by atoms with Gasteiger partial charge in [-0.1, -0.05) is 49.4 Å². The van der Waals surface area contributed by atoms with E-state index in [0.29, 0.717) is 35.7 Å². The summed E-state index contributed by atoms with van der Waals surface area (Å²) in [6, 6.07) is 18.7. The predicted molar refractivity (Wildman–Crippen MR) is 117 cm³/mol. The van der Waals surface area contributed by atoms with Gasteiger partial charge in [0.2, 0.25) is 5.91 Å². The van der Waals surface area contributed by atoms with E-state index in [4.69, 9.17) is 4.74 Å². The molecule has 31 heavy (non-hydrogen) atoms. The topological polar surface area (TPSA) is 100 Å². The highest BCUT2D eigenvalue weighted by molar-refractivity contribution is 6.11. The van der Waals surface area contributed by atoms with E-state index >= 15 is 0 Å². The van der Waals surface area contributed by atoms with Crippen molar-refractivity contribution in [2.24, 2.45) is 10.2 Å². The summed E-state index contributed by atoms with van der Waals surface area (Å²) >= 11 is 0. The summed E-state index contributed by atoms with van der Waals surface area (Å²) in [5.74, 6) is -0.229. The summed E-state index contributed by atoms with van der Waals surface area (Å²) in [4.78, 5) is 24.1. The van der Waals surface area contributed by atoms with Crippen molar-refractivity contribution in [2.75, 3.05) is 7.11 Å². The molecule has 7 nitrogen and oxygen atoms in total. The maximum atomic E-state index is 12.8. The lowest BCUT2D eigenvalue weighted by Gasteiger charge is -2.09. The zero-order valence-electron chi connectivity index (χ0n) is 17.3. The monoisotopic (exact) mass is 417 g/mol. The minimum absolute atomic E-state index is 0.0101. The zero-order chi connectivity index (χ0) is 22.2. The smallest absolute Gasteiger partial charge is 0.219 e. The van der Waals surface area contributed by atoms with E-state index in [-0.39, 0.29) is 23.0 Å². The molecule has 0 aliphatic heterocycles. The Bertz CT molecular complexity index is 1090. The van der Waals surface area contributed by atoms with Gasteiger partial charge in [-0.3, -0.25) is 9.59 Å². The SMILES string of the molecule is CCC(=O)NCc1ccc(N=Nc2cc(C(=O)c3ccccc3)c(O)cc2OC)cc1. The molecule has 0 atom stereocenters. The molecule has 3 aromatic carbocycles. The van der Waals surface area contributed by atoms with Gasteiger partial charge in [0.05, 0.1) is 18.4 Å². The summed E-state index contributed by atoms with van der Waals surface area (Å²) in [7, 11) is 1.45. The molecule has 0 heterocycles. The van der Waals surface area contributed by atoms with Gasteiger partial charge < -0.3 is 15.2 Å². The zero-order valence-corrected chi connectivity index (χ0v) is 17.3. The second-order valence-corrected chi connectivity index (χ2v) is 6.73. The molecule has 0 spiro atoms. The average Bonchev–Trinajstić information content (AvgIpc) is 2.82. The summed E-state index contributed by atoms with van der Waals surface area (Å²) in [6.45, 7) is 2.25. The summed E-state index contributed by atoms with van der Waals surface area (Å²) in [5, 5.41) is 21.5. The van der Waals surface area contributed by atoms with Crippen LogP contribution < -0.4 is 10.1 Å². The predicted octanol–water partition coefficient (Wildman–Crippen LogP) is 5.07. The highest BCUT2D eigenvalue weighted by Gasteiger charge is 2.17. The number of nitrogens with zero attached hydrogens (tertiary/aromatic N) is 2. The molecule has 0 aliphatic rings. The number of azo groups is 1. The van der Waals surface area contributed by atoms with Crippen molar-refractivity contribution < 1.29 is 19.4 Å². The number of benzene rings is 3. The lowest BCUT2D eigenvalue weighted by atomic mass is 10.0. The molecule has 0 aromatic heterocycles. The van der Waals surface area contributed by atoms with E-state index in [1.807, 2.05) is 18.2 Å². The Labute approximate surface area is 180 Å². The van der Waals surface area contributed by atoms with Gasteiger partial charge in [0.25, 0.3) is 0 Å². The average molecular weight is 417 g/mol. The summed E-state index contributed by atoms with van der Waals surface area (Å²) < 4.78 is 5.27. The quantitative estimate of drug-likeness (QED) is 0.394. The molecule has 3 aromatic rings. The minimum Gasteiger partial charge on any atom is -0.507 e. The first kappa shape index (κ1) is 21.7. The molecule has 0 fully saturated rings. The lowest BCUT2D eigenvalue weighted by molar-refractivity contribution is -0.120. The fraction of sp³-hybridized carbons (Fsp3) is 0.167. The molecule has 0 saturated carbocycles. The van der Waals surface area contributed by atoms with Crippen molar-refractivity contribution in [1.82, 2.24) is 5.32 Å². The Balaban J connectivity index is 1.82. The largest absolute Gasteiger partial charge is 0.507 e. The van der Waals surface area contributed by atoms with Gasteiger partial charge in [0, 0.05) is 24.6 Å². The Morgan fingerprint density at radius 3 is 2.35 bits per heavy atom. The maximum Gasteiger partial charge on any atom is 0.219 e. The fourth-order valence-corrected chi connectivity index (χ4v) is 2.84. The van der Waals surface area contributed by atoms with Crippen molar-refractivity contribution in [3.05, 3.63) is 83.4 Å². The third-order valence-corrected chi connectivity index (χ3v) is 4.60. The fourth-order valence-electron chi connectivity index (χ4n) is 2.84. The molecule has 0 radical (unpaired) electrons. The summed E-state index contributed by atoms with van der Waals surface area (Å²) in [6.07, 6.45) is 0.440. The van der Waals surface area contributed by atoms with E-state index in [1.54, 1.807) is 43.3 Å². The minimum atomic E-state index is -0.323. The number of ether oxygens (including phenoxy) is 1. The van der Waals surface area contributed by atoms with Crippen LogP contribution in [0.5, 0.6) is 11.5 Å². The third kappa shape index (κ3) is 5.54. The van der Waals surface area contributed by atoms with E-state index < -0.39 is 0 Å². The Kier molecular flexibility index (Phi) is 7.11. The highest BCUT2D eigenvalue weighted by atomic mass is 16.5. The molecule has 3 rings (SSSR count). The molecule has 0 unspecified atom stereocenters. The number of phenols is 1. The van der Waals surface area contributed by atoms with Crippen LogP contribution in [0.25, 0.3) is 0 Å². The van der Waals surface area contributed by atoms with Crippen LogP contribution in [0.4, 0.5) is 11.4 Å². The first-order chi connectivity index (χ1) is 15.0. The Morgan fingerprint density at radius 2 is 1.71 bits per heavy atom. The molecule has 0 saturated heterocycles. The van der Waals surface area contributed by atoms with Crippen molar-refractivity contribution >= 4 is 23.1 Å². The number of phenolic OH excluding ortho intramolecular Hbond substituents is 1. The molecule has 2 N–H and O–H groups in total. The van der Waals surface area contributed by atoms with Crippen LogP contribution in [-0.4, -0.2) is 23.9 Å². The number of amides is 1. The Hall–Kier alpha value is -4.00. The first-order valence-electron chi connectivity index (χ1n) is 9.80. The number of hydrogen-bond donors (Lipinski definition) is 2. The number of carbonyl (C=O) groups excluding carboxylic acids is 2. The number of methoxy groups -OCH3 is 1. The van der Waals surface area contributed by atoms with Gasteiger partial charge >= 0.3 is 0 Å². The van der Waals surface area contributed by atoms with Crippen molar-refractivity contribution in [1.29, 1.82) is 0 Å². The van der Waals surface area contributed by atoms with E-state index in [2.05, 4.69) is 15.5 Å². The highest BCUT2D eigenvalue weighted by Crippen LogP contribution is 2.36. The van der Waals surface area contributed by atoms with Crippen molar-refractivity contribution in [3.63, 3.8) is 0 Å². The van der Waals surface area contributed by atoms with E-state index in [9.17, 15) is 14.7 Å². The van der Waals surface area contributed by atoms with Crippen molar-refractivity contribution in [2.45, 2.75) is 19.9 Å². The Morgan fingerprint density at radius 1 is 1.00 bits per heavy atom. The third-order valence-electron chi connectivity index (χ3n) is 4.60. The van der Waals surface area contributed by atoms with Gasteiger partial charge in [-0.2, -0.15) is 5.11 Å². The summed E-state index contributed by atoms with van der Waals surface area (Å²) in [5.41, 5.74) is 2.42. The van der Waals surface area contributed by atoms with Gasteiger partial charge in [-0.05, 0) is 23.8 Å². The second kappa shape index (κ2) is 10.2. The van der Waals surface area contributed by atoms with Crippen LogP contribution in [0.3, 0.4) is 0 Å². The van der Waals surface area contributed by atoms with Crippen molar-refractivity contribution in [3.8, 4) is 11.5 Å². The molecular weight excluding hydrogens is 394 g/mol. The molecule has 158 valence electrons. The normalized spacial score (nSPS) is 10.8. The lowest BCUT2D eigenvalue weighted by Crippen LogP contribution is -2.21. The number of carbonyl (C=O) groups is 2. The van der Waals surface area contributed by atoms with Crippen LogP contribution >= 0.6 is 0 Å². The van der Waals surface area contributed by atoms with E-state index in [0.717, 1.165) is 5.56 Å². The van der Waals surface area contributed by atoms with Crippen LogP contribution in [-0.2, 0) is 11.3 Å². The molecule has 0 aliphatic carbocycles. The number of aromatic hydroxyl groups is 1. The number of ketones is 1. The van der Waals surface area contributed by atoms with Crippen LogP contribution in [0.1, 0.15) is 34.8 Å². The van der Waals surface area contributed by atoms with Crippen LogP contribution in [0.15, 0.2) is 77.0 Å². The van der Waals surface area contributed by atoms with Crippen LogP contribution in [0, 0.1) is 0 Å². The molecular formula is C24H23N3O4. The molecule has 1 amide bonds.